The Balaban J connectivity index is 3.05. The zero-order chi connectivity index (χ0) is 6.57. The second kappa shape index (κ2) is 3.61. The zero-order valence-electron chi connectivity index (χ0n) is 5.15. The monoisotopic (exact) mass is 117 g/mol. The van der Waals surface area contributed by atoms with Crippen molar-refractivity contribution >= 4 is 0 Å². The number of hydrogen-bond donors (Lipinski definition) is 1. The molecular weight excluding hydrogens is 105 g/mol. The van der Waals surface area contributed by atoms with E-state index >= 15 is 0 Å². The maximum Gasteiger partial charge on any atom is 0.0928 e. The SMILES string of the molecule is C=C(F)CCC(C)N. The first kappa shape index (κ1) is 7.63. The fourth-order valence-electron chi connectivity index (χ4n) is 0.384. The Kier molecular flexibility index (Phi) is 3.44. The van der Waals surface area contributed by atoms with Crippen LogP contribution in [0.3, 0.4) is 0 Å². The van der Waals surface area contributed by atoms with Crippen LogP contribution in [0.15, 0.2) is 12.4 Å². The average molecular weight is 117 g/mol. The molecule has 0 heterocycles. The predicted molar refractivity (Wildman–Crippen MR) is 33.1 cm³/mol. The van der Waals surface area contributed by atoms with E-state index in [-0.39, 0.29) is 11.9 Å². The highest BCUT2D eigenvalue weighted by Gasteiger charge is 1.94. The van der Waals surface area contributed by atoms with Crippen molar-refractivity contribution in [3.8, 4) is 0 Å². The van der Waals surface area contributed by atoms with Gasteiger partial charge in [0.2, 0.25) is 0 Å². The molecule has 48 valence electrons. The Bertz CT molecular complexity index is 78.6. The van der Waals surface area contributed by atoms with Crippen LogP contribution >= 0.6 is 0 Å². The van der Waals surface area contributed by atoms with E-state index in [0.29, 0.717) is 12.8 Å². The molecule has 0 aromatic heterocycles. The Labute approximate surface area is 49.4 Å². The fraction of sp³-hybridized carbons (Fsp3) is 0.667. The molecule has 0 saturated heterocycles. The molecule has 1 nitrogen and oxygen atoms in total. The van der Waals surface area contributed by atoms with E-state index in [2.05, 4.69) is 6.58 Å². The lowest BCUT2D eigenvalue weighted by atomic mass is 10.2. The number of hydrogen-bond acceptors (Lipinski definition) is 1. The number of nitrogens with two attached hydrogens (primary N) is 1. The largest absolute Gasteiger partial charge is 0.328 e. The summed E-state index contributed by atoms with van der Waals surface area (Å²) in [6.45, 7) is 4.96. The standard InChI is InChI=1S/C6H12FN/c1-5(7)3-4-6(2)8/h6H,1,3-4,8H2,2H3. The van der Waals surface area contributed by atoms with Gasteiger partial charge in [0, 0.05) is 12.5 Å². The van der Waals surface area contributed by atoms with Gasteiger partial charge in [-0.25, -0.2) is 4.39 Å². The van der Waals surface area contributed by atoms with E-state index in [0.717, 1.165) is 0 Å². The van der Waals surface area contributed by atoms with Crippen LogP contribution in [0.25, 0.3) is 0 Å². The van der Waals surface area contributed by atoms with Gasteiger partial charge >= 0.3 is 0 Å². The molecule has 0 bridgehead atoms. The second-order valence-corrected chi connectivity index (χ2v) is 2.03. The normalized spacial score (nSPS) is 13.4. The topological polar surface area (TPSA) is 26.0 Å². The van der Waals surface area contributed by atoms with Crippen molar-refractivity contribution < 1.29 is 4.39 Å². The molecule has 0 aliphatic heterocycles. The highest BCUT2D eigenvalue weighted by Crippen LogP contribution is 2.03. The molecule has 0 saturated carbocycles. The van der Waals surface area contributed by atoms with Crippen LogP contribution in [0.2, 0.25) is 0 Å². The minimum Gasteiger partial charge on any atom is -0.328 e. The lowest BCUT2D eigenvalue weighted by Gasteiger charge is -1.99. The summed E-state index contributed by atoms with van der Waals surface area (Å²) in [5, 5.41) is 0. The van der Waals surface area contributed by atoms with Gasteiger partial charge in [-0.3, -0.25) is 0 Å². The van der Waals surface area contributed by atoms with E-state index in [4.69, 9.17) is 5.73 Å². The van der Waals surface area contributed by atoms with Crippen LogP contribution in [0, 0.1) is 0 Å². The summed E-state index contributed by atoms with van der Waals surface area (Å²) in [5.41, 5.74) is 5.33. The third-order valence-corrected chi connectivity index (χ3v) is 0.871. The molecule has 0 aliphatic rings. The molecule has 2 heteroatoms. The van der Waals surface area contributed by atoms with Gasteiger partial charge in [-0.2, -0.15) is 0 Å². The summed E-state index contributed by atoms with van der Waals surface area (Å²) in [6, 6.07) is 0.0856. The quantitative estimate of drug-likeness (QED) is 0.597. The first-order valence-corrected chi connectivity index (χ1v) is 2.72. The van der Waals surface area contributed by atoms with Crippen LogP contribution in [0.1, 0.15) is 19.8 Å². The minimum absolute atomic E-state index is 0.0856. The van der Waals surface area contributed by atoms with E-state index in [1.165, 1.54) is 0 Å². The van der Waals surface area contributed by atoms with Gasteiger partial charge in [0.25, 0.3) is 0 Å². The maximum absolute atomic E-state index is 11.8. The second-order valence-electron chi connectivity index (χ2n) is 2.03. The summed E-state index contributed by atoms with van der Waals surface area (Å²) in [4.78, 5) is 0. The predicted octanol–water partition coefficient (Wildman–Crippen LogP) is 1.60. The highest BCUT2D eigenvalue weighted by molar-refractivity contribution is 4.80. The Hall–Kier alpha value is -0.370. The van der Waals surface area contributed by atoms with E-state index in [9.17, 15) is 4.39 Å². The highest BCUT2D eigenvalue weighted by atomic mass is 19.1. The zero-order valence-corrected chi connectivity index (χ0v) is 5.15. The number of halogens is 1. The molecule has 1 atom stereocenters. The first-order valence-electron chi connectivity index (χ1n) is 2.72. The first-order chi connectivity index (χ1) is 3.63. The molecule has 0 amide bonds. The molecule has 0 aliphatic carbocycles. The molecule has 2 N–H and O–H groups in total. The molecule has 0 aromatic carbocycles. The smallest absolute Gasteiger partial charge is 0.0928 e. The van der Waals surface area contributed by atoms with Crippen LogP contribution in [-0.2, 0) is 0 Å². The summed E-state index contributed by atoms with van der Waals surface area (Å²) in [7, 11) is 0. The third kappa shape index (κ3) is 5.63. The van der Waals surface area contributed by atoms with Crippen molar-refractivity contribution in [1.29, 1.82) is 0 Å². The van der Waals surface area contributed by atoms with Crippen LogP contribution in [0.4, 0.5) is 4.39 Å². The number of allylic oxidation sites excluding steroid dienone is 1. The van der Waals surface area contributed by atoms with Gasteiger partial charge in [0.15, 0.2) is 0 Å². The Morgan fingerprint density at radius 3 is 2.50 bits per heavy atom. The van der Waals surface area contributed by atoms with Crippen molar-refractivity contribution in [3.05, 3.63) is 12.4 Å². The Morgan fingerprint density at radius 1 is 1.88 bits per heavy atom. The van der Waals surface area contributed by atoms with Gasteiger partial charge in [0.05, 0.1) is 5.83 Å². The lowest BCUT2D eigenvalue weighted by molar-refractivity contribution is 0.549. The molecule has 0 aromatic rings. The van der Waals surface area contributed by atoms with Crippen molar-refractivity contribution in [3.63, 3.8) is 0 Å². The summed E-state index contributed by atoms with van der Waals surface area (Å²) >= 11 is 0. The molecule has 0 radical (unpaired) electrons. The summed E-state index contributed by atoms with van der Waals surface area (Å²) < 4.78 is 11.8. The Morgan fingerprint density at radius 2 is 2.38 bits per heavy atom. The van der Waals surface area contributed by atoms with Gasteiger partial charge in [-0.1, -0.05) is 6.58 Å². The fourth-order valence-corrected chi connectivity index (χ4v) is 0.384. The van der Waals surface area contributed by atoms with Crippen LogP contribution in [0.5, 0.6) is 0 Å². The molecule has 8 heavy (non-hydrogen) atoms. The van der Waals surface area contributed by atoms with E-state index in [1.807, 2.05) is 6.92 Å². The van der Waals surface area contributed by atoms with Crippen molar-refractivity contribution in [2.45, 2.75) is 25.8 Å². The van der Waals surface area contributed by atoms with Crippen LogP contribution in [-0.4, -0.2) is 6.04 Å². The summed E-state index contributed by atoms with van der Waals surface area (Å²) in [5.74, 6) is -0.276. The minimum atomic E-state index is -0.276. The number of rotatable bonds is 3. The van der Waals surface area contributed by atoms with Gasteiger partial charge in [-0.15, -0.1) is 0 Å². The van der Waals surface area contributed by atoms with Gasteiger partial charge in [0.1, 0.15) is 0 Å². The van der Waals surface area contributed by atoms with Crippen molar-refractivity contribution in [2.75, 3.05) is 0 Å². The molecule has 0 spiro atoms. The summed E-state index contributed by atoms with van der Waals surface area (Å²) in [6.07, 6.45) is 1.09. The van der Waals surface area contributed by atoms with Crippen LogP contribution < -0.4 is 5.73 Å². The lowest BCUT2D eigenvalue weighted by Crippen LogP contribution is -2.13. The van der Waals surface area contributed by atoms with Gasteiger partial charge < -0.3 is 5.73 Å². The average Bonchev–Trinajstić information content (AvgIpc) is 1.61. The third-order valence-electron chi connectivity index (χ3n) is 0.871. The molecule has 1 unspecified atom stereocenters. The molecule has 0 rings (SSSR count). The van der Waals surface area contributed by atoms with Crippen molar-refractivity contribution in [1.82, 2.24) is 0 Å². The van der Waals surface area contributed by atoms with E-state index in [1.54, 1.807) is 0 Å². The van der Waals surface area contributed by atoms with E-state index < -0.39 is 0 Å². The molecule has 0 fully saturated rings. The van der Waals surface area contributed by atoms with Gasteiger partial charge in [-0.05, 0) is 13.3 Å². The maximum atomic E-state index is 11.8. The van der Waals surface area contributed by atoms with Crippen molar-refractivity contribution in [2.24, 2.45) is 5.73 Å². The molecular formula is C6H12FN.